The quantitative estimate of drug-likeness (QED) is 0.698. The van der Waals surface area contributed by atoms with Crippen molar-refractivity contribution < 1.29 is 14.6 Å². The maximum atomic E-state index is 10.5. The summed E-state index contributed by atoms with van der Waals surface area (Å²) in [4.78, 5) is 10.5. The molecule has 0 aliphatic carbocycles. The van der Waals surface area contributed by atoms with Crippen LogP contribution in [0.1, 0.15) is 17.2 Å². The molecule has 1 aliphatic rings. The first-order valence-electron chi connectivity index (χ1n) is 4.14. The third kappa shape index (κ3) is 1.42. The number of hydrogen-bond acceptors (Lipinski definition) is 2. The highest BCUT2D eigenvalue weighted by Crippen LogP contribution is 2.39. The van der Waals surface area contributed by atoms with Crippen molar-refractivity contribution in [2.24, 2.45) is 0 Å². The van der Waals surface area contributed by atoms with E-state index in [0.29, 0.717) is 0 Å². The second-order valence-electron chi connectivity index (χ2n) is 3.17. The van der Waals surface area contributed by atoms with Crippen molar-refractivity contribution in [3.8, 4) is 0 Å². The second-order valence-corrected chi connectivity index (χ2v) is 3.17. The SMILES string of the molecule is Cc1ccccc1[C@@H]1O[C@@H]1C(=O)O. The highest BCUT2D eigenvalue weighted by atomic mass is 16.6. The molecule has 0 radical (unpaired) electrons. The van der Waals surface area contributed by atoms with Gasteiger partial charge in [-0.15, -0.1) is 0 Å². The van der Waals surface area contributed by atoms with Crippen molar-refractivity contribution in [1.82, 2.24) is 0 Å². The van der Waals surface area contributed by atoms with Crippen LogP contribution in [0.3, 0.4) is 0 Å². The van der Waals surface area contributed by atoms with Crippen LogP contribution in [0.5, 0.6) is 0 Å². The summed E-state index contributed by atoms with van der Waals surface area (Å²) in [7, 11) is 0. The van der Waals surface area contributed by atoms with Crippen LogP contribution in [0.25, 0.3) is 0 Å². The summed E-state index contributed by atoms with van der Waals surface area (Å²) in [5.41, 5.74) is 2.06. The summed E-state index contributed by atoms with van der Waals surface area (Å²) in [6.45, 7) is 1.95. The number of benzene rings is 1. The summed E-state index contributed by atoms with van der Waals surface area (Å²) in [5.74, 6) is -0.881. The van der Waals surface area contributed by atoms with Crippen LogP contribution in [0, 0.1) is 6.92 Å². The number of ether oxygens (including phenoxy) is 1. The first-order valence-corrected chi connectivity index (χ1v) is 4.14. The lowest BCUT2D eigenvalue weighted by molar-refractivity contribution is -0.138. The molecule has 0 unspecified atom stereocenters. The van der Waals surface area contributed by atoms with E-state index in [1.807, 2.05) is 31.2 Å². The molecule has 0 bridgehead atoms. The zero-order valence-electron chi connectivity index (χ0n) is 7.23. The highest BCUT2D eigenvalue weighted by Gasteiger charge is 2.46. The fraction of sp³-hybridized carbons (Fsp3) is 0.300. The number of aliphatic carboxylic acids is 1. The van der Waals surface area contributed by atoms with Gasteiger partial charge in [0, 0.05) is 0 Å². The van der Waals surface area contributed by atoms with Gasteiger partial charge in [-0.2, -0.15) is 0 Å². The summed E-state index contributed by atoms with van der Waals surface area (Å²) in [6.07, 6.45) is -0.875. The molecule has 0 amide bonds. The van der Waals surface area contributed by atoms with Gasteiger partial charge in [0.15, 0.2) is 6.10 Å². The van der Waals surface area contributed by atoms with E-state index >= 15 is 0 Å². The summed E-state index contributed by atoms with van der Waals surface area (Å²) < 4.78 is 5.05. The Kier molecular flexibility index (Phi) is 1.81. The monoisotopic (exact) mass is 178 g/mol. The third-order valence-corrected chi connectivity index (χ3v) is 2.23. The minimum Gasteiger partial charge on any atom is -0.479 e. The van der Waals surface area contributed by atoms with Crippen LogP contribution in [0.15, 0.2) is 24.3 Å². The minimum absolute atomic E-state index is 0.237. The van der Waals surface area contributed by atoms with Crippen molar-refractivity contribution >= 4 is 5.97 Å². The maximum absolute atomic E-state index is 10.5. The highest BCUT2D eigenvalue weighted by molar-refractivity contribution is 5.76. The van der Waals surface area contributed by atoms with Gasteiger partial charge in [-0.25, -0.2) is 4.79 Å². The zero-order valence-corrected chi connectivity index (χ0v) is 7.23. The van der Waals surface area contributed by atoms with E-state index in [4.69, 9.17) is 9.84 Å². The Morgan fingerprint density at radius 1 is 1.46 bits per heavy atom. The van der Waals surface area contributed by atoms with E-state index < -0.39 is 12.1 Å². The lowest BCUT2D eigenvalue weighted by Gasteiger charge is -1.99. The second kappa shape index (κ2) is 2.85. The van der Waals surface area contributed by atoms with Gasteiger partial charge in [-0.05, 0) is 18.1 Å². The molecule has 2 rings (SSSR count). The molecule has 0 spiro atoms. The van der Waals surface area contributed by atoms with Crippen LogP contribution in [0.4, 0.5) is 0 Å². The van der Waals surface area contributed by atoms with Gasteiger partial charge in [0.1, 0.15) is 6.10 Å². The lowest BCUT2D eigenvalue weighted by atomic mass is 10.0. The molecule has 0 saturated carbocycles. The number of aryl methyl sites for hydroxylation is 1. The van der Waals surface area contributed by atoms with Crippen molar-refractivity contribution in [1.29, 1.82) is 0 Å². The Bertz CT molecular complexity index is 346. The average molecular weight is 178 g/mol. The molecule has 1 heterocycles. The molecule has 1 fully saturated rings. The van der Waals surface area contributed by atoms with Crippen molar-refractivity contribution in [2.75, 3.05) is 0 Å². The Labute approximate surface area is 76.0 Å². The van der Waals surface area contributed by atoms with Crippen LogP contribution < -0.4 is 0 Å². The smallest absolute Gasteiger partial charge is 0.335 e. The number of carboxylic acid groups (broad SMARTS) is 1. The maximum Gasteiger partial charge on any atom is 0.335 e. The Morgan fingerprint density at radius 3 is 2.69 bits per heavy atom. The molecular weight excluding hydrogens is 168 g/mol. The average Bonchev–Trinajstić information content (AvgIpc) is 2.84. The van der Waals surface area contributed by atoms with Crippen molar-refractivity contribution in [2.45, 2.75) is 19.1 Å². The Hall–Kier alpha value is -1.35. The van der Waals surface area contributed by atoms with Gasteiger partial charge in [0.25, 0.3) is 0 Å². The molecule has 3 nitrogen and oxygen atoms in total. The van der Waals surface area contributed by atoms with E-state index in [2.05, 4.69) is 0 Å². The molecule has 1 aliphatic heterocycles. The molecule has 1 N–H and O–H groups in total. The molecule has 1 saturated heterocycles. The topological polar surface area (TPSA) is 49.8 Å². The molecule has 2 atom stereocenters. The van der Waals surface area contributed by atoms with Gasteiger partial charge in [0.2, 0.25) is 0 Å². The minimum atomic E-state index is -0.881. The van der Waals surface area contributed by atoms with Gasteiger partial charge in [-0.3, -0.25) is 0 Å². The molecule has 0 aromatic heterocycles. The lowest BCUT2D eigenvalue weighted by Crippen LogP contribution is -2.05. The zero-order chi connectivity index (χ0) is 9.42. The van der Waals surface area contributed by atoms with Gasteiger partial charge in [0.05, 0.1) is 0 Å². The van der Waals surface area contributed by atoms with Crippen LogP contribution in [0.2, 0.25) is 0 Å². The first-order chi connectivity index (χ1) is 6.20. The van der Waals surface area contributed by atoms with Gasteiger partial charge in [-0.1, -0.05) is 24.3 Å². The first kappa shape index (κ1) is 8.26. The fourth-order valence-electron chi connectivity index (χ4n) is 1.44. The molecule has 13 heavy (non-hydrogen) atoms. The Balaban J connectivity index is 2.21. The molecule has 68 valence electrons. The third-order valence-electron chi connectivity index (χ3n) is 2.23. The largest absolute Gasteiger partial charge is 0.479 e. The van der Waals surface area contributed by atoms with Crippen LogP contribution in [-0.2, 0) is 9.53 Å². The van der Waals surface area contributed by atoms with Crippen LogP contribution in [-0.4, -0.2) is 17.2 Å². The van der Waals surface area contributed by atoms with E-state index in [0.717, 1.165) is 11.1 Å². The molecule has 3 heteroatoms. The number of epoxide rings is 1. The molecule has 1 aromatic carbocycles. The van der Waals surface area contributed by atoms with E-state index in [9.17, 15) is 4.79 Å². The van der Waals surface area contributed by atoms with E-state index in [-0.39, 0.29) is 6.10 Å². The number of carboxylic acids is 1. The van der Waals surface area contributed by atoms with Crippen LogP contribution >= 0.6 is 0 Å². The number of hydrogen-bond donors (Lipinski definition) is 1. The summed E-state index contributed by atoms with van der Waals surface area (Å²) in [5, 5.41) is 8.65. The van der Waals surface area contributed by atoms with Gasteiger partial charge >= 0.3 is 5.97 Å². The Morgan fingerprint density at radius 2 is 2.15 bits per heavy atom. The molecule has 1 aromatic rings. The predicted octanol–water partition coefficient (Wildman–Crippen LogP) is 1.52. The van der Waals surface area contributed by atoms with E-state index in [1.54, 1.807) is 0 Å². The standard InChI is InChI=1S/C10H10O3/c1-6-4-2-3-5-7(6)8-9(13-8)10(11)12/h2-5,8-9H,1H3,(H,11,12)/t8-,9-/m0/s1. The number of rotatable bonds is 2. The van der Waals surface area contributed by atoms with Crippen molar-refractivity contribution in [3.05, 3.63) is 35.4 Å². The summed E-state index contributed by atoms with van der Waals surface area (Å²) in [6, 6.07) is 7.68. The van der Waals surface area contributed by atoms with Gasteiger partial charge < -0.3 is 9.84 Å². The predicted molar refractivity (Wildman–Crippen MR) is 46.4 cm³/mol. The number of carbonyl (C=O) groups is 1. The normalized spacial score (nSPS) is 25.6. The summed E-state index contributed by atoms with van der Waals surface area (Å²) >= 11 is 0. The molecular formula is C10H10O3. The fourth-order valence-corrected chi connectivity index (χ4v) is 1.44. The van der Waals surface area contributed by atoms with Crippen molar-refractivity contribution in [3.63, 3.8) is 0 Å². The van der Waals surface area contributed by atoms with E-state index in [1.165, 1.54) is 0 Å².